The van der Waals surface area contributed by atoms with Crippen LogP contribution in [0, 0.1) is 0 Å². The number of thiophene rings is 2. The number of aromatic nitrogens is 2. The number of likely N-dealkylation sites (tertiary alicyclic amines) is 1. The highest BCUT2D eigenvalue weighted by Gasteiger charge is 2.26. The van der Waals surface area contributed by atoms with Crippen molar-refractivity contribution in [2.24, 2.45) is 0 Å². The highest BCUT2D eigenvalue weighted by molar-refractivity contribution is 7.17. The van der Waals surface area contributed by atoms with Crippen LogP contribution in [-0.2, 0) is 4.79 Å². The average molecular weight is 374 g/mol. The van der Waals surface area contributed by atoms with Gasteiger partial charge in [-0.1, -0.05) is 6.92 Å². The van der Waals surface area contributed by atoms with Gasteiger partial charge in [0, 0.05) is 25.6 Å². The summed E-state index contributed by atoms with van der Waals surface area (Å²) in [5.74, 6) is 1.65. The van der Waals surface area contributed by atoms with E-state index in [0.717, 1.165) is 40.5 Å². The summed E-state index contributed by atoms with van der Waals surface area (Å²) in [5, 5.41) is 11.9. The molecule has 2 N–H and O–H groups in total. The summed E-state index contributed by atoms with van der Waals surface area (Å²) < 4.78 is 1.05. The van der Waals surface area contributed by atoms with Crippen LogP contribution in [0.25, 0.3) is 10.2 Å². The number of rotatable bonds is 5. The molecule has 8 heteroatoms. The Hall–Kier alpha value is -2.19. The van der Waals surface area contributed by atoms with Crippen molar-refractivity contribution in [2.45, 2.75) is 25.8 Å². The first-order valence-corrected chi connectivity index (χ1v) is 10.1. The van der Waals surface area contributed by atoms with Gasteiger partial charge in [-0.25, -0.2) is 4.98 Å². The first-order valence-electron chi connectivity index (χ1n) is 8.33. The van der Waals surface area contributed by atoms with E-state index in [1.807, 2.05) is 40.8 Å². The average Bonchev–Trinajstić information content (AvgIpc) is 3.35. The molecule has 0 bridgehead atoms. The molecular formula is C17H19N5OS2. The predicted molar refractivity (Wildman–Crippen MR) is 104 cm³/mol. The number of carbonyl (C=O) groups is 1. The van der Waals surface area contributed by atoms with Crippen LogP contribution >= 0.6 is 22.7 Å². The monoisotopic (exact) mass is 373 g/mol. The zero-order valence-electron chi connectivity index (χ0n) is 13.9. The van der Waals surface area contributed by atoms with Gasteiger partial charge in [0.2, 0.25) is 11.9 Å². The first kappa shape index (κ1) is 16.3. The Morgan fingerprint density at radius 1 is 1.32 bits per heavy atom. The zero-order valence-corrected chi connectivity index (χ0v) is 15.5. The van der Waals surface area contributed by atoms with E-state index in [1.54, 1.807) is 22.7 Å². The van der Waals surface area contributed by atoms with Crippen molar-refractivity contribution in [2.75, 3.05) is 23.7 Å². The van der Waals surface area contributed by atoms with Crippen LogP contribution in [0.2, 0.25) is 0 Å². The molecular weight excluding hydrogens is 354 g/mol. The molecule has 1 amide bonds. The van der Waals surface area contributed by atoms with Crippen LogP contribution < -0.4 is 10.6 Å². The van der Waals surface area contributed by atoms with E-state index in [2.05, 4.69) is 20.6 Å². The molecule has 1 aliphatic rings. The van der Waals surface area contributed by atoms with Crippen molar-refractivity contribution in [3.63, 3.8) is 0 Å². The Morgan fingerprint density at radius 3 is 3.04 bits per heavy atom. The second kappa shape index (κ2) is 6.97. The molecule has 0 spiro atoms. The number of hydrogen-bond acceptors (Lipinski definition) is 7. The normalized spacial score (nSPS) is 17.2. The van der Waals surface area contributed by atoms with E-state index in [-0.39, 0.29) is 11.9 Å². The van der Waals surface area contributed by atoms with Gasteiger partial charge in [-0.15, -0.1) is 22.7 Å². The van der Waals surface area contributed by atoms with Crippen molar-refractivity contribution in [1.82, 2.24) is 14.9 Å². The third kappa shape index (κ3) is 3.45. The number of fused-ring (bicyclic) bond motifs is 1. The van der Waals surface area contributed by atoms with Crippen LogP contribution in [-0.4, -0.2) is 39.9 Å². The van der Waals surface area contributed by atoms with Gasteiger partial charge in [-0.3, -0.25) is 4.79 Å². The highest BCUT2D eigenvalue weighted by atomic mass is 32.1. The summed E-state index contributed by atoms with van der Waals surface area (Å²) in [5.41, 5.74) is 0.932. The quantitative estimate of drug-likeness (QED) is 0.709. The fraction of sp³-hybridized carbons (Fsp3) is 0.353. The molecule has 3 aromatic heterocycles. The smallest absolute Gasteiger partial charge is 0.230 e. The number of amides is 1. The van der Waals surface area contributed by atoms with Gasteiger partial charge in [0.15, 0.2) is 0 Å². The van der Waals surface area contributed by atoms with Crippen LogP contribution in [0.3, 0.4) is 0 Å². The lowest BCUT2D eigenvalue weighted by Gasteiger charge is -2.17. The molecule has 0 aromatic carbocycles. The number of nitrogens with zero attached hydrogens (tertiary/aromatic N) is 3. The third-order valence-electron chi connectivity index (χ3n) is 4.24. The summed E-state index contributed by atoms with van der Waals surface area (Å²) >= 11 is 3.25. The minimum Gasteiger partial charge on any atom is -0.364 e. The molecule has 130 valence electrons. The maximum Gasteiger partial charge on any atom is 0.230 e. The van der Waals surface area contributed by atoms with Crippen LogP contribution in [0.1, 0.15) is 19.8 Å². The van der Waals surface area contributed by atoms with E-state index < -0.39 is 0 Å². The fourth-order valence-corrected chi connectivity index (χ4v) is 4.39. The lowest BCUT2D eigenvalue weighted by Crippen LogP contribution is -2.31. The Labute approximate surface area is 153 Å². The summed E-state index contributed by atoms with van der Waals surface area (Å²) in [4.78, 5) is 23.1. The molecule has 1 atom stereocenters. The maximum atomic E-state index is 11.9. The van der Waals surface area contributed by atoms with Crippen LogP contribution in [0.15, 0.2) is 29.0 Å². The lowest BCUT2D eigenvalue weighted by atomic mass is 10.2. The van der Waals surface area contributed by atoms with E-state index in [4.69, 9.17) is 0 Å². The highest BCUT2D eigenvalue weighted by Crippen LogP contribution is 2.30. The molecule has 0 aliphatic carbocycles. The Morgan fingerprint density at radius 2 is 2.24 bits per heavy atom. The SMILES string of the molecule is CCC(=O)N1CC[C@@H](Nc2nc(Nc3cccs3)nc3ccsc23)C1. The molecule has 1 aliphatic heterocycles. The van der Waals surface area contributed by atoms with Gasteiger partial charge in [0.05, 0.1) is 15.2 Å². The molecule has 1 saturated heterocycles. The second-order valence-corrected chi connectivity index (χ2v) is 7.82. The van der Waals surface area contributed by atoms with Gasteiger partial charge in [0.1, 0.15) is 5.82 Å². The standard InChI is InChI=1S/C17H19N5OS2/c1-2-14(23)22-7-5-11(10-22)18-16-15-12(6-9-25-15)19-17(21-16)20-13-4-3-8-24-13/h3-4,6,8-9,11H,2,5,7,10H2,1H3,(H2,18,19,20,21)/t11-/m1/s1. The Balaban J connectivity index is 1.56. The summed E-state index contributed by atoms with van der Waals surface area (Å²) in [6.07, 6.45) is 1.50. The first-order chi connectivity index (χ1) is 12.2. The molecule has 6 nitrogen and oxygen atoms in total. The van der Waals surface area contributed by atoms with Gasteiger partial charge in [-0.05, 0) is 35.4 Å². The van der Waals surface area contributed by atoms with E-state index in [0.29, 0.717) is 12.4 Å². The molecule has 0 saturated carbocycles. The van der Waals surface area contributed by atoms with Gasteiger partial charge in [0.25, 0.3) is 0 Å². The Kier molecular flexibility index (Phi) is 4.54. The minimum atomic E-state index is 0.216. The number of carbonyl (C=O) groups excluding carboxylic acids is 1. The molecule has 4 rings (SSSR count). The van der Waals surface area contributed by atoms with Crippen molar-refractivity contribution >= 4 is 55.6 Å². The van der Waals surface area contributed by atoms with Crippen molar-refractivity contribution < 1.29 is 4.79 Å². The number of nitrogens with one attached hydrogen (secondary N) is 2. The Bertz CT molecular complexity index is 876. The van der Waals surface area contributed by atoms with Crippen LogP contribution in [0.4, 0.5) is 16.8 Å². The molecule has 4 heterocycles. The molecule has 3 aromatic rings. The summed E-state index contributed by atoms with van der Waals surface area (Å²) in [6, 6.07) is 6.23. The summed E-state index contributed by atoms with van der Waals surface area (Å²) in [7, 11) is 0. The topological polar surface area (TPSA) is 70.2 Å². The zero-order chi connectivity index (χ0) is 17.2. The summed E-state index contributed by atoms with van der Waals surface area (Å²) in [6.45, 7) is 3.45. The molecule has 1 fully saturated rings. The third-order valence-corrected chi connectivity index (χ3v) is 5.94. The minimum absolute atomic E-state index is 0.216. The lowest BCUT2D eigenvalue weighted by molar-refractivity contribution is -0.129. The van der Waals surface area contributed by atoms with E-state index in [9.17, 15) is 4.79 Å². The van der Waals surface area contributed by atoms with Gasteiger partial charge in [-0.2, -0.15) is 4.98 Å². The molecule has 25 heavy (non-hydrogen) atoms. The van der Waals surface area contributed by atoms with Crippen molar-refractivity contribution in [1.29, 1.82) is 0 Å². The largest absolute Gasteiger partial charge is 0.364 e. The number of anilines is 3. The van der Waals surface area contributed by atoms with Crippen molar-refractivity contribution in [3.05, 3.63) is 29.0 Å². The molecule has 0 radical (unpaired) electrons. The van der Waals surface area contributed by atoms with Gasteiger partial charge < -0.3 is 15.5 Å². The fourth-order valence-electron chi connectivity index (χ4n) is 3.00. The number of hydrogen-bond donors (Lipinski definition) is 2. The maximum absolute atomic E-state index is 11.9. The predicted octanol–water partition coefficient (Wildman–Crippen LogP) is 3.92. The van der Waals surface area contributed by atoms with E-state index >= 15 is 0 Å². The second-order valence-electron chi connectivity index (χ2n) is 5.96. The van der Waals surface area contributed by atoms with E-state index in [1.165, 1.54) is 0 Å². The van der Waals surface area contributed by atoms with Crippen LogP contribution in [0.5, 0.6) is 0 Å². The molecule has 0 unspecified atom stereocenters. The van der Waals surface area contributed by atoms with Crippen molar-refractivity contribution in [3.8, 4) is 0 Å². The van der Waals surface area contributed by atoms with Gasteiger partial charge >= 0.3 is 0 Å².